The molecule has 0 heterocycles. The highest BCUT2D eigenvalue weighted by molar-refractivity contribution is 8.01. The zero-order valence-corrected chi connectivity index (χ0v) is 9.20. The van der Waals surface area contributed by atoms with Crippen LogP contribution in [0.4, 0.5) is 0 Å². The van der Waals surface area contributed by atoms with Gasteiger partial charge in [0.05, 0.1) is 6.61 Å². The minimum absolute atomic E-state index is 0.290. The van der Waals surface area contributed by atoms with Crippen LogP contribution in [-0.4, -0.2) is 24.1 Å². The van der Waals surface area contributed by atoms with Crippen LogP contribution in [-0.2, 0) is 14.3 Å². The Bertz CT molecular complexity index is 324. The highest BCUT2D eigenvalue weighted by atomic mass is 32.2. The van der Waals surface area contributed by atoms with Gasteiger partial charge in [-0.25, -0.2) is 0 Å². The Morgan fingerprint density at radius 1 is 1.47 bits per heavy atom. The number of ether oxygens (including phenoxy) is 1. The van der Waals surface area contributed by atoms with Crippen LogP contribution >= 0.6 is 11.8 Å². The van der Waals surface area contributed by atoms with Crippen LogP contribution in [0.1, 0.15) is 6.92 Å². The van der Waals surface area contributed by atoms with Gasteiger partial charge in [0.25, 0.3) is 0 Å². The minimum Gasteiger partial charge on any atom is -0.465 e. The largest absolute Gasteiger partial charge is 0.465 e. The van der Waals surface area contributed by atoms with Crippen LogP contribution < -0.4 is 0 Å². The summed E-state index contributed by atoms with van der Waals surface area (Å²) >= 11 is 1.19. The summed E-state index contributed by atoms with van der Waals surface area (Å²) < 4.78 is 4.78. The first kappa shape index (κ1) is 11.8. The average Bonchev–Trinajstić information content (AvgIpc) is 2.27. The molecule has 0 fully saturated rings. The second-order valence-corrected chi connectivity index (χ2v) is 3.95. The summed E-state index contributed by atoms with van der Waals surface area (Å²) in [6.45, 7) is 2.01. The lowest BCUT2D eigenvalue weighted by Gasteiger charge is -2.08. The number of hydrogen-bond donors (Lipinski definition) is 0. The van der Waals surface area contributed by atoms with Crippen molar-refractivity contribution in [2.24, 2.45) is 0 Å². The highest BCUT2D eigenvalue weighted by Crippen LogP contribution is 2.22. The lowest BCUT2D eigenvalue weighted by molar-refractivity contribution is -0.143. The van der Waals surface area contributed by atoms with Gasteiger partial charge >= 0.3 is 5.97 Å². The smallest absolute Gasteiger partial charge is 0.326 e. The predicted octanol–water partition coefficient (Wildman–Crippen LogP) is 1.91. The van der Waals surface area contributed by atoms with E-state index in [1.165, 1.54) is 11.8 Å². The molecule has 0 spiro atoms. The molecule has 0 aromatic heterocycles. The molecule has 1 aromatic carbocycles. The van der Waals surface area contributed by atoms with Gasteiger partial charge in [0, 0.05) is 4.90 Å². The summed E-state index contributed by atoms with van der Waals surface area (Å²) in [6, 6.07) is 9.29. The lowest BCUT2D eigenvalue weighted by atomic mass is 10.4. The van der Waals surface area contributed by atoms with Crippen LogP contribution in [0.2, 0.25) is 0 Å². The van der Waals surface area contributed by atoms with E-state index in [9.17, 15) is 9.59 Å². The van der Waals surface area contributed by atoms with Crippen molar-refractivity contribution in [1.82, 2.24) is 0 Å². The third kappa shape index (κ3) is 3.75. The van der Waals surface area contributed by atoms with E-state index >= 15 is 0 Å². The van der Waals surface area contributed by atoms with Crippen molar-refractivity contribution in [1.29, 1.82) is 0 Å². The van der Waals surface area contributed by atoms with Crippen molar-refractivity contribution >= 4 is 24.0 Å². The zero-order chi connectivity index (χ0) is 11.1. The van der Waals surface area contributed by atoms with Gasteiger partial charge < -0.3 is 9.53 Å². The van der Waals surface area contributed by atoms with E-state index in [2.05, 4.69) is 0 Å². The molecule has 0 amide bonds. The molecular formula is C11H12O3S. The maximum atomic E-state index is 11.3. The predicted molar refractivity (Wildman–Crippen MR) is 58.8 cm³/mol. The first-order valence-corrected chi connectivity index (χ1v) is 5.49. The Hall–Kier alpha value is -1.29. The molecule has 0 saturated heterocycles. The van der Waals surface area contributed by atoms with Gasteiger partial charge in [-0.1, -0.05) is 18.2 Å². The number of hydrogen-bond acceptors (Lipinski definition) is 4. The van der Waals surface area contributed by atoms with Gasteiger partial charge in [0.15, 0.2) is 5.25 Å². The van der Waals surface area contributed by atoms with E-state index in [0.717, 1.165) is 4.90 Å². The summed E-state index contributed by atoms with van der Waals surface area (Å²) in [5.74, 6) is -0.485. The Morgan fingerprint density at radius 2 is 2.13 bits per heavy atom. The van der Waals surface area contributed by atoms with Gasteiger partial charge in [-0.15, -0.1) is 11.8 Å². The molecule has 3 nitrogen and oxygen atoms in total. The van der Waals surface area contributed by atoms with Crippen LogP contribution in [0.25, 0.3) is 0 Å². The van der Waals surface area contributed by atoms with Gasteiger partial charge in [-0.05, 0) is 19.1 Å². The standard InChI is InChI=1S/C11H12O3S/c1-2-14-11(13)10(8-12)15-9-6-4-3-5-7-9/h3-8,10H,2H2,1H3/t10-/m0/s1. The molecule has 80 valence electrons. The molecule has 15 heavy (non-hydrogen) atoms. The monoisotopic (exact) mass is 224 g/mol. The highest BCUT2D eigenvalue weighted by Gasteiger charge is 2.19. The third-order valence-electron chi connectivity index (χ3n) is 1.65. The Morgan fingerprint density at radius 3 is 2.67 bits per heavy atom. The molecule has 4 heteroatoms. The van der Waals surface area contributed by atoms with E-state index in [1.807, 2.05) is 30.3 Å². The van der Waals surface area contributed by atoms with Crippen molar-refractivity contribution in [2.75, 3.05) is 6.61 Å². The van der Waals surface area contributed by atoms with E-state index in [-0.39, 0.29) is 0 Å². The van der Waals surface area contributed by atoms with Crippen molar-refractivity contribution in [3.8, 4) is 0 Å². The molecule has 0 aliphatic rings. The second-order valence-electron chi connectivity index (χ2n) is 2.74. The molecule has 0 N–H and O–H groups in total. The molecule has 0 bridgehead atoms. The van der Waals surface area contributed by atoms with Crippen LogP contribution in [0.3, 0.4) is 0 Å². The topological polar surface area (TPSA) is 43.4 Å². The van der Waals surface area contributed by atoms with Crippen LogP contribution in [0.15, 0.2) is 35.2 Å². The molecule has 0 aliphatic heterocycles. The summed E-state index contributed by atoms with van der Waals surface area (Å²) in [5, 5.41) is -0.771. The normalized spacial score (nSPS) is 11.8. The van der Waals surface area contributed by atoms with Crippen molar-refractivity contribution < 1.29 is 14.3 Å². The number of carbonyl (C=O) groups excluding carboxylic acids is 2. The van der Waals surface area contributed by atoms with Gasteiger partial charge in [0.1, 0.15) is 6.29 Å². The third-order valence-corrected chi connectivity index (χ3v) is 2.75. The van der Waals surface area contributed by atoms with Gasteiger partial charge in [-0.2, -0.15) is 0 Å². The second kappa shape index (κ2) is 6.24. The van der Waals surface area contributed by atoms with E-state index < -0.39 is 11.2 Å². The fourth-order valence-electron chi connectivity index (χ4n) is 1.00. The van der Waals surface area contributed by atoms with Gasteiger partial charge in [0.2, 0.25) is 0 Å². The SMILES string of the molecule is CCOC(=O)[C@H](C=O)Sc1ccccc1. The molecule has 0 saturated carbocycles. The molecule has 1 atom stereocenters. The Kier molecular flexibility index (Phi) is 4.90. The summed E-state index contributed by atoms with van der Waals surface area (Å²) in [6.07, 6.45) is 0.607. The maximum Gasteiger partial charge on any atom is 0.326 e. The molecule has 1 aromatic rings. The Balaban J connectivity index is 2.62. The van der Waals surface area contributed by atoms with Crippen molar-refractivity contribution in [3.63, 3.8) is 0 Å². The number of carbonyl (C=O) groups is 2. The number of rotatable bonds is 5. The summed E-state index contributed by atoms with van der Waals surface area (Å²) in [4.78, 5) is 22.9. The number of esters is 1. The molecule has 0 aliphatic carbocycles. The Labute approximate surface area is 92.8 Å². The average molecular weight is 224 g/mol. The molecular weight excluding hydrogens is 212 g/mol. The van der Waals surface area contributed by atoms with Crippen LogP contribution in [0.5, 0.6) is 0 Å². The van der Waals surface area contributed by atoms with E-state index in [1.54, 1.807) is 6.92 Å². The molecule has 1 rings (SSSR count). The fraction of sp³-hybridized carbons (Fsp3) is 0.273. The quantitative estimate of drug-likeness (QED) is 0.331. The van der Waals surface area contributed by atoms with Crippen molar-refractivity contribution in [2.45, 2.75) is 17.1 Å². The summed E-state index contributed by atoms with van der Waals surface area (Å²) in [7, 11) is 0. The lowest BCUT2D eigenvalue weighted by Crippen LogP contribution is -2.21. The van der Waals surface area contributed by atoms with Crippen molar-refractivity contribution in [3.05, 3.63) is 30.3 Å². The van der Waals surface area contributed by atoms with E-state index in [0.29, 0.717) is 12.9 Å². The number of benzene rings is 1. The van der Waals surface area contributed by atoms with Gasteiger partial charge in [-0.3, -0.25) is 4.79 Å². The molecule has 0 radical (unpaired) electrons. The summed E-state index contributed by atoms with van der Waals surface area (Å²) in [5.41, 5.74) is 0. The van der Waals surface area contributed by atoms with E-state index in [4.69, 9.17) is 4.74 Å². The maximum absolute atomic E-state index is 11.3. The first-order chi connectivity index (χ1) is 7.27. The first-order valence-electron chi connectivity index (χ1n) is 4.61. The minimum atomic E-state index is -0.771. The fourth-order valence-corrected chi connectivity index (χ4v) is 1.83. The molecule has 0 unspecified atom stereocenters. The van der Waals surface area contributed by atoms with Crippen LogP contribution in [0, 0.1) is 0 Å². The zero-order valence-electron chi connectivity index (χ0n) is 8.38. The number of aldehydes is 1. The number of thioether (sulfide) groups is 1.